The number of rotatable bonds is 8. The molecule has 1 heterocycles. The number of hydrogen-bond acceptors (Lipinski definition) is 5. The Morgan fingerprint density at radius 2 is 1.82 bits per heavy atom. The Kier molecular flexibility index (Phi) is 9.32. The van der Waals surface area contributed by atoms with Crippen LogP contribution in [0.3, 0.4) is 0 Å². The summed E-state index contributed by atoms with van der Waals surface area (Å²) in [6, 6.07) is 6.84. The summed E-state index contributed by atoms with van der Waals surface area (Å²) >= 11 is 0. The Bertz CT molecular complexity index is 915. The van der Waals surface area contributed by atoms with E-state index in [2.05, 4.69) is 20.5 Å². The first-order valence-electron chi connectivity index (χ1n) is 11.0. The molecule has 1 atom stereocenters. The van der Waals surface area contributed by atoms with Gasteiger partial charge in [-0.15, -0.1) is 0 Å². The van der Waals surface area contributed by atoms with Crippen LogP contribution in [0.25, 0.3) is 0 Å². The van der Waals surface area contributed by atoms with Gasteiger partial charge in [0, 0.05) is 17.0 Å². The molecular weight excluding hydrogens is 452 g/mol. The van der Waals surface area contributed by atoms with Gasteiger partial charge >= 0.3 is 6.18 Å². The first-order valence-corrected chi connectivity index (χ1v) is 13.6. The quantitative estimate of drug-likeness (QED) is 0.426. The average molecular weight is 487 g/mol. The largest absolute Gasteiger partial charge is 0.417 e. The zero-order valence-electron chi connectivity index (χ0n) is 19.9. The summed E-state index contributed by atoms with van der Waals surface area (Å²) in [5, 5.41) is 6.60. The second-order valence-corrected chi connectivity index (χ2v) is 12.0. The maximum Gasteiger partial charge on any atom is 0.417 e. The van der Waals surface area contributed by atoms with Gasteiger partial charge in [0.05, 0.1) is 17.7 Å². The van der Waals surface area contributed by atoms with Crippen LogP contribution in [0.1, 0.15) is 33.1 Å². The number of likely N-dealkylation sites (tertiary alicyclic amines) is 1. The van der Waals surface area contributed by atoms with Crippen LogP contribution in [0, 0.1) is 0 Å². The van der Waals surface area contributed by atoms with E-state index in [0.717, 1.165) is 32.0 Å². The number of nitrogens with zero attached hydrogens (tertiary/aromatic N) is 2. The summed E-state index contributed by atoms with van der Waals surface area (Å²) in [6.07, 6.45) is -3.31. The molecule has 1 aliphatic rings. The molecule has 1 unspecified atom stereocenters. The van der Waals surface area contributed by atoms with Gasteiger partial charge in [-0.3, -0.25) is 9.79 Å². The highest BCUT2D eigenvalue weighted by Crippen LogP contribution is 2.34. The number of anilines is 1. The lowest BCUT2D eigenvalue weighted by atomic mass is 10.0. The number of carbonyl (C=O) groups excluding carboxylic acids is 1. The van der Waals surface area contributed by atoms with E-state index in [4.69, 9.17) is 0 Å². The van der Waals surface area contributed by atoms with Crippen molar-refractivity contribution in [1.29, 1.82) is 0 Å². The molecule has 1 amide bonds. The second-order valence-electron chi connectivity index (χ2n) is 8.82. The molecule has 0 radical (unpaired) electrons. The molecule has 2 N–H and O–H groups in total. The van der Waals surface area contributed by atoms with Crippen molar-refractivity contribution in [2.75, 3.05) is 38.8 Å². The summed E-state index contributed by atoms with van der Waals surface area (Å²) in [4.78, 5) is 18.9. The van der Waals surface area contributed by atoms with Gasteiger partial charge < -0.3 is 20.1 Å². The van der Waals surface area contributed by atoms with Gasteiger partial charge in [-0.25, -0.2) is 0 Å². The van der Waals surface area contributed by atoms with Crippen molar-refractivity contribution < 1.29 is 22.5 Å². The van der Waals surface area contributed by atoms with E-state index in [1.165, 1.54) is 6.92 Å². The maximum absolute atomic E-state index is 13.6. The minimum atomic E-state index is -4.62. The molecule has 2 rings (SSSR count). The maximum atomic E-state index is 13.6. The SMILES string of the molecule is C/C=C(\C(CC(=O)NC1CCN(C)CC1)=N/C(C)Nc1ccc(P(C)(C)=O)cc1)C(F)(F)F. The molecular formula is C23H34F3N4O2P. The monoisotopic (exact) mass is 486 g/mol. The molecule has 1 aromatic carbocycles. The van der Waals surface area contributed by atoms with Crippen LogP contribution in [0.15, 0.2) is 40.9 Å². The topological polar surface area (TPSA) is 73.8 Å². The van der Waals surface area contributed by atoms with E-state index in [1.54, 1.807) is 44.5 Å². The number of carbonyl (C=O) groups is 1. The van der Waals surface area contributed by atoms with E-state index in [0.29, 0.717) is 11.0 Å². The van der Waals surface area contributed by atoms with Gasteiger partial charge in [-0.05, 0) is 84.4 Å². The molecule has 6 nitrogen and oxygen atoms in total. The Labute approximate surface area is 194 Å². The van der Waals surface area contributed by atoms with Gasteiger partial charge in [0.2, 0.25) is 5.91 Å². The predicted octanol–water partition coefficient (Wildman–Crippen LogP) is 4.24. The summed E-state index contributed by atoms with van der Waals surface area (Å²) < 4.78 is 53.0. The fourth-order valence-electron chi connectivity index (χ4n) is 3.71. The summed E-state index contributed by atoms with van der Waals surface area (Å²) in [7, 11) is -0.405. The van der Waals surface area contributed by atoms with Crippen LogP contribution in [-0.4, -0.2) is 68.4 Å². The van der Waals surface area contributed by atoms with Crippen molar-refractivity contribution in [3.8, 4) is 0 Å². The number of hydrogen-bond donors (Lipinski definition) is 2. The summed E-state index contributed by atoms with van der Waals surface area (Å²) in [6.45, 7) is 7.91. The number of benzene rings is 1. The van der Waals surface area contributed by atoms with Gasteiger partial charge in [0.25, 0.3) is 0 Å². The highest BCUT2D eigenvalue weighted by Gasteiger charge is 2.37. The first kappa shape index (κ1) is 27.1. The Hall–Kier alpha value is -2.12. The fraction of sp³-hybridized carbons (Fsp3) is 0.565. The molecule has 0 aliphatic carbocycles. The first-order chi connectivity index (χ1) is 15.3. The molecule has 1 aromatic rings. The highest BCUT2D eigenvalue weighted by atomic mass is 31.2. The molecule has 1 aliphatic heterocycles. The lowest BCUT2D eigenvalue weighted by Crippen LogP contribution is -2.44. The number of halogens is 3. The van der Waals surface area contributed by atoms with E-state index in [9.17, 15) is 22.5 Å². The molecule has 1 saturated heterocycles. The van der Waals surface area contributed by atoms with Crippen molar-refractivity contribution in [3.63, 3.8) is 0 Å². The van der Waals surface area contributed by atoms with Crippen LogP contribution < -0.4 is 15.9 Å². The van der Waals surface area contributed by atoms with Crippen LogP contribution in [-0.2, 0) is 9.36 Å². The zero-order valence-corrected chi connectivity index (χ0v) is 20.8. The third-order valence-corrected chi connectivity index (χ3v) is 7.07. The van der Waals surface area contributed by atoms with Gasteiger partial charge in [-0.1, -0.05) is 6.08 Å². The average Bonchev–Trinajstić information content (AvgIpc) is 2.68. The number of alkyl halides is 3. The van der Waals surface area contributed by atoms with Gasteiger partial charge in [-0.2, -0.15) is 13.2 Å². The Balaban J connectivity index is 2.16. The molecule has 0 spiro atoms. The minimum Gasteiger partial charge on any atom is -0.364 e. The molecule has 1 fully saturated rings. The zero-order chi connectivity index (χ0) is 24.8. The second kappa shape index (κ2) is 11.3. The normalized spacial score (nSPS) is 18.2. The standard InChI is InChI=1S/C23H34F3N4O2P/c1-6-20(23(24,25)26)21(15-22(31)29-18-11-13-30(3)14-12-18)28-16(2)27-17-7-9-19(10-8-17)33(4,5)32/h6-10,16,18,27H,11-15H2,1-5H3,(H,29,31)/b20-6+,28-21-. The smallest absolute Gasteiger partial charge is 0.364 e. The summed E-state index contributed by atoms with van der Waals surface area (Å²) in [5.74, 6) is -0.467. The van der Waals surface area contributed by atoms with E-state index < -0.39 is 37.4 Å². The van der Waals surface area contributed by atoms with Gasteiger partial charge in [0.15, 0.2) is 0 Å². The lowest BCUT2D eigenvalue weighted by molar-refractivity contribution is -0.120. The fourth-order valence-corrected chi connectivity index (χ4v) is 4.58. The number of nitrogens with one attached hydrogen (secondary N) is 2. The van der Waals surface area contributed by atoms with Crippen molar-refractivity contribution >= 4 is 29.8 Å². The Morgan fingerprint density at radius 3 is 2.30 bits per heavy atom. The van der Waals surface area contributed by atoms with Crippen molar-refractivity contribution in [2.45, 2.75) is 51.5 Å². The highest BCUT2D eigenvalue weighted by molar-refractivity contribution is 7.70. The Morgan fingerprint density at radius 1 is 1.24 bits per heavy atom. The van der Waals surface area contributed by atoms with Crippen LogP contribution in [0.2, 0.25) is 0 Å². The third-order valence-electron chi connectivity index (χ3n) is 5.53. The number of aliphatic imine (C=N–C) groups is 1. The molecule has 33 heavy (non-hydrogen) atoms. The van der Waals surface area contributed by atoms with Crippen molar-refractivity contribution in [2.24, 2.45) is 4.99 Å². The van der Waals surface area contributed by atoms with E-state index in [-0.39, 0.29) is 11.8 Å². The third kappa shape index (κ3) is 8.63. The van der Waals surface area contributed by atoms with Crippen LogP contribution in [0.4, 0.5) is 18.9 Å². The number of piperidine rings is 1. The van der Waals surface area contributed by atoms with E-state index in [1.807, 2.05) is 7.05 Å². The van der Waals surface area contributed by atoms with Crippen molar-refractivity contribution in [1.82, 2.24) is 10.2 Å². The molecule has 0 aromatic heterocycles. The lowest BCUT2D eigenvalue weighted by Gasteiger charge is -2.29. The molecule has 0 saturated carbocycles. The molecule has 184 valence electrons. The molecule has 0 bridgehead atoms. The van der Waals surface area contributed by atoms with E-state index >= 15 is 0 Å². The van der Waals surface area contributed by atoms with Crippen LogP contribution >= 0.6 is 7.14 Å². The molecule has 10 heteroatoms. The van der Waals surface area contributed by atoms with Crippen molar-refractivity contribution in [3.05, 3.63) is 35.9 Å². The number of allylic oxidation sites excluding steroid dienone is 2. The number of amides is 1. The van der Waals surface area contributed by atoms with Gasteiger partial charge in [0.1, 0.15) is 13.3 Å². The summed E-state index contributed by atoms with van der Waals surface area (Å²) in [5.41, 5.74) is -0.589. The minimum absolute atomic E-state index is 0.0444. The van der Waals surface area contributed by atoms with Crippen LogP contribution in [0.5, 0.6) is 0 Å². The predicted molar refractivity (Wildman–Crippen MR) is 129 cm³/mol.